The van der Waals surface area contributed by atoms with Crippen LogP contribution in [-0.2, 0) is 9.53 Å². The van der Waals surface area contributed by atoms with E-state index < -0.39 is 0 Å². The summed E-state index contributed by atoms with van der Waals surface area (Å²) in [7, 11) is 1.41. The minimum Gasteiger partial charge on any atom is -0.469 e. The number of esters is 1. The van der Waals surface area contributed by atoms with Crippen LogP contribution >= 0.6 is 11.5 Å². The lowest BCUT2D eigenvalue weighted by Crippen LogP contribution is -2.23. The quantitative estimate of drug-likeness (QED) is 0.724. The molecule has 1 fully saturated rings. The molecule has 1 aromatic heterocycles. The van der Waals surface area contributed by atoms with E-state index in [0.717, 1.165) is 18.1 Å². The molecule has 0 radical (unpaired) electrons. The lowest BCUT2D eigenvalue weighted by molar-refractivity contribution is -0.144. The van der Waals surface area contributed by atoms with Crippen LogP contribution in [0.25, 0.3) is 0 Å². The Kier molecular flexibility index (Phi) is 2.72. The largest absolute Gasteiger partial charge is 0.469 e. The third-order valence-corrected chi connectivity index (χ3v) is 3.22. The smallest absolute Gasteiger partial charge is 0.310 e. The van der Waals surface area contributed by atoms with Crippen LogP contribution in [0, 0.1) is 5.92 Å². The van der Waals surface area contributed by atoms with Gasteiger partial charge in [-0.25, -0.2) is 0 Å². The zero-order chi connectivity index (χ0) is 10.8. The molecule has 82 valence electrons. The first-order valence-corrected chi connectivity index (χ1v) is 5.40. The number of hydrogen-bond donors (Lipinski definition) is 1. The van der Waals surface area contributed by atoms with Crippen molar-refractivity contribution in [3.63, 3.8) is 0 Å². The van der Waals surface area contributed by atoms with Gasteiger partial charge in [0.1, 0.15) is 0 Å². The maximum Gasteiger partial charge on any atom is 0.310 e. The van der Waals surface area contributed by atoms with Gasteiger partial charge in [0.2, 0.25) is 11.1 Å². The molecule has 0 aromatic carbocycles. The highest BCUT2D eigenvalue weighted by Gasteiger charge is 2.30. The number of anilines is 2. The lowest BCUT2D eigenvalue weighted by Gasteiger charge is -2.12. The number of aromatic nitrogens is 2. The molecule has 1 atom stereocenters. The van der Waals surface area contributed by atoms with Gasteiger partial charge in [0.05, 0.1) is 13.0 Å². The van der Waals surface area contributed by atoms with E-state index in [0.29, 0.717) is 6.54 Å². The molecule has 0 spiro atoms. The zero-order valence-corrected chi connectivity index (χ0v) is 9.16. The van der Waals surface area contributed by atoms with Crippen molar-refractivity contribution in [1.29, 1.82) is 0 Å². The topological polar surface area (TPSA) is 81.3 Å². The van der Waals surface area contributed by atoms with E-state index in [1.807, 2.05) is 4.90 Å². The second-order valence-electron chi connectivity index (χ2n) is 3.39. The molecule has 6 nitrogen and oxygen atoms in total. The number of nitrogens with two attached hydrogens (primary N) is 1. The van der Waals surface area contributed by atoms with E-state index in [4.69, 9.17) is 10.5 Å². The highest BCUT2D eigenvalue weighted by atomic mass is 32.1. The molecule has 0 saturated carbocycles. The average Bonchev–Trinajstić information content (AvgIpc) is 2.84. The van der Waals surface area contributed by atoms with Crippen LogP contribution in [0.4, 0.5) is 11.1 Å². The van der Waals surface area contributed by atoms with Crippen LogP contribution in [0.3, 0.4) is 0 Å². The predicted octanol–water partition coefficient (Wildman–Crippen LogP) is 0.120. The third-order valence-electron chi connectivity index (χ3n) is 2.42. The molecule has 0 aliphatic carbocycles. The van der Waals surface area contributed by atoms with E-state index in [9.17, 15) is 4.79 Å². The Hall–Kier alpha value is -1.37. The summed E-state index contributed by atoms with van der Waals surface area (Å²) in [6.45, 7) is 1.44. The number of rotatable bonds is 2. The van der Waals surface area contributed by atoms with Crippen molar-refractivity contribution in [2.75, 3.05) is 30.8 Å². The lowest BCUT2D eigenvalue weighted by atomic mass is 10.1. The molecule has 1 unspecified atom stereocenters. The summed E-state index contributed by atoms with van der Waals surface area (Å²) in [6, 6.07) is 0. The van der Waals surface area contributed by atoms with Crippen molar-refractivity contribution < 1.29 is 9.53 Å². The summed E-state index contributed by atoms with van der Waals surface area (Å²) in [6.07, 6.45) is 0.798. The van der Waals surface area contributed by atoms with Gasteiger partial charge in [-0.1, -0.05) is 0 Å². The van der Waals surface area contributed by atoms with Gasteiger partial charge in [0, 0.05) is 24.6 Å². The summed E-state index contributed by atoms with van der Waals surface area (Å²) >= 11 is 1.26. The second-order valence-corrected chi connectivity index (χ2v) is 4.12. The van der Waals surface area contributed by atoms with E-state index >= 15 is 0 Å². The van der Waals surface area contributed by atoms with Gasteiger partial charge >= 0.3 is 5.97 Å². The van der Waals surface area contributed by atoms with Crippen molar-refractivity contribution in [3.8, 4) is 0 Å². The Balaban J connectivity index is 2.01. The van der Waals surface area contributed by atoms with Gasteiger partial charge in [0.15, 0.2) is 0 Å². The summed E-state index contributed by atoms with van der Waals surface area (Å²) < 4.78 is 8.60. The van der Waals surface area contributed by atoms with Gasteiger partial charge in [0.25, 0.3) is 0 Å². The molecular formula is C8H12N4O2S. The summed E-state index contributed by atoms with van der Waals surface area (Å²) in [5.41, 5.74) is 5.44. The van der Waals surface area contributed by atoms with Crippen LogP contribution in [0.1, 0.15) is 6.42 Å². The molecule has 15 heavy (non-hydrogen) atoms. The fourth-order valence-electron chi connectivity index (χ4n) is 1.65. The first kappa shape index (κ1) is 10.2. The molecule has 1 aromatic rings. The zero-order valence-electron chi connectivity index (χ0n) is 8.34. The number of nitrogens with zero attached hydrogens (tertiary/aromatic N) is 3. The number of hydrogen-bond acceptors (Lipinski definition) is 7. The van der Waals surface area contributed by atoms with Gasteiger partial charge in [-0.05, 0) is 6.42 Å². The number of ether oxygens (including phenoxy) is 1. The van der Waals surface area contributed by atoms with E-state index in [-0.39, 0.29) is 17.8 Å². The van der Waals surface area contributed by atoms with Crippen molar-refractivity contribution in [3.05, 3.63) is 0 Å². The van der Waals surface area contributed by atoms with Crippen LogP contribution in [0.15, 0.2) is 0 Å². The van der Waals surface area contributed by atoms with Gasteiger partial charge < -0.3 is 15.4 Å². The van der Waals surface area contributed by atoms with Crippen molar-refractivity contribution in [2.45, 2.75) is 6.42 Å². The summed E-state index contributed by atoms with van der Waals surface area (Å²) in [4.78, 5) is 17.4. The second kappa shape index (κ2) is 4.01. The van der Waals surface area contributed by atoms with Gasteiger partial charge in [-0.2, -0.15) is 9.36 Å². The highest BCUT2D eigenvalue weighted by molar-refractivity contribution is 7.09. The Labute approximate surface area is 91.2 Å². The molecule has 0 bridgehead atoms. The number of carbonyl (C=O) groups excluding carboxylic acids is 1. The van der Waals surface area contributed by atoms with E-state index in [1.54, 1.807) is 0 Å². The number of carbonyl (C=O) groups is 1. The number of methoxy groups -OCH3 is 1. The molecule has 7 heteroatoms. The van der Waals surface area contributed by atoms with Crippen molar-refractivity contribution >= 4 is 28.6 Å². The molecular weight excluding hydrogens is 216 g/mol. The molecule has 1 saturated heterocycles. The molecule has 1 aliphatic rings. The molecule has 2 N–H and O–H groups in total. The van der Waals surface area contributed by atoms with Gasteiger partial charge in [-0.15, -0.1) is 0 Å². The summed E-state index contributed by atoms with van der Waals surface area (Å²) in [5.74, 6) is 0.0756. The minimum absolute atomic E-state index is 0.0554. The van der Waals surface area contributed by atoms with Crippen LogP contribution < -0.4 is 10.6 Å². The Morgan fingerprint density at radius 2 is 2.53 bits per heavy atom. The van der Waals surface area contributed by atoms with Crippen molar-refractivity contribution in [2.24, 2.45) is 5.92 Å². The molecule has 1 aliphatic heterocycles. The van der Waals surface area contributed by atoms with E-state index in [2.05, 4.69) is 9.36 Å². The highest BCUT2D eigenvalue weighted by Crippen LogP contribution is 2.26. The first-order valence-electron chi connectivity index (χ1n) is 4.62. The van der Waals surface area contributed by atoms with Crippen molar-refractivity contribution in [1.82, 2.24) is 9.36 Å². The fraction of sp³-hybridized carbons (Fsp3) is 0.625. The monoisotopic (exact) mass is 228 g/mol. The fourth-order valence-corrected chi connectivity index (χ4v) is 2.28. The Morgan fingerprint density at radius 3 is 3.13 bits per heavy atom. The SMILES string of the molecule is COC(=O)C1CCN(c2nc(N)ns2)C1. The molecule has 2 rings (SSSR count). The summed E-state index contributed by atoms with van der Waals surface area (Å²) in [5, 5.41) is 0.777. The van der Waals surface area contributed by atoms with Crippen LogP contribution in [0.5, 0.6) is 0 Å². The van der Waals surface area contributed by atoms with Gasteiger partial charge in [-0.3, -0.25) is 4.79 Å². The minimum atomic E-state index is -0.157. The maximum atomic E-state index is 11.3. The van der Waals surface area contributed by atoms with Crippen LogP contribution in [0.2, 0.25) is 0 Å². The molecule has 0 amide bonds. The molecule has 2 heterocycles. The Morgan fingerprint density at radius 1 is 1.73 bits per heavy atom. The normalized spacial score (nSPS) is 20.6. The number of nitrogen functional groups attached to an aromatic ring is 1. The third kappa shape index (κ3) is 2.01. The first-order chi connectivity index (χ1) is 7.20. The average molecular weight is 228 g/mol. The predicted molar refractivity (Wildman–Crippen MR) is 56.7 cm³/mol. The van der Waals surface area contributed by atoms with E-state index in [1.165, 1.54) is 18.6 Å². The maximum absolute atomic E-state index is 11.3. The Bertz CT molecular complexity index is 367. The standard InChI is InChI=1S/C8H12N4O2S/c1-14-6(13)5-2-3-12(4-5)8-10-7(9)11-15-8/h5H,2-4H2,1H3,(H2,9,11). The van der Waals surface area contributed by atoms with Crippen LogP contribution in [-0.4, -0.2) is 35.5 Å².